The van der Waals surface area contributed by atoms with Crippen LogP contribution in [-0.2, 0) is 16.0 Å². The van der Waals surface area contributed by atoms with Gasteiger partial charge < -0.3 is 15.0 Å². The van der Waals surface area contributed by atoms with Crippen molar-refractivity contribution < 1.29 is 9.53 Å². The summed E-state index contributed by atoms with van der Waals surface area (Å²) in [7, 11) is 1.56. The van der Waals surface area contributed by atoms with Crippen LogP contribution in [0.4, 0.5) is 0 Å². The zero-order valence-electron chi connectivity index (χ0n) is 10.8. The molecular weight excluding hydrogens is 228 g/mol. The van der Waals surface area contributed by atoms with E-state index in [-0.39, 0.29) is 12.5 Å². The van der Waals surface area contributed by atoms with Crippen LogP contribution in [0.3, 0.4) is 0 Å². The van der Waals surface area contributed by atoms with Crippen molar-refractivity contribution in [1.29, 1.82) is 0 Å². The predicted molar refractivity (Wildman–Crippen MR) is 70.4 cm³/mol. The first-order chi connectivity index (χ1) is 8.79. The average Bonchev–Trinajstić information content (AvgIpc) is 2.40. The molecule has 0 aromatic heterocycles. The van der Waals surface area contributed by atoms with Gasteiger partial charge >= 0.3 is 0 Å². The molecule has 1 aromatic rings. The maximum Gasteiger partial charge on any atom is 0.248 e. The first kappa shape index (κ1) is 13.1. The lowest BCUT2D eigenvalue weighted by molar-refractivity contribution is -0.136. The van der Waals surface area contributed by atoms with Gasteiger partial charge in [0.25, 0.3) is 0 Å². The Morgan fingerprint density at radius 1 is 1.44 bits per heavy atom. The second kappa shape index (κ2) is 6.52. The Morgan fingerprint density at radius 3 is 2.94 bits per heavy atom. The van der Waals surface area contributed by atoms with Gasteiger partial charge in [-0.2, -0.15) is 0 Å². The fourth-order valence-electron chi connectivity index (χ4n) is 2.30. The Bertz CT molecular complexity index is 381. The van der Waals surface area contributed by atoms with Gasteiger partial charge in [-0.25, -0.2) is 0 Å². The second-order valence-electron chi connectivity index (χ2n) is 4.61. The molecule has 0 bridgehead atoms. The van der Waals surface area contributed by atoms with E-state index in [0.717, 1.165) is 26.1 Å². The number of methoxy groups -OCH3 is 1. The van der Waals surface area contributed by atoms with Gasteiger partial charge in [0.2, 0.25) is 5.91 Å². The minimum absolute atomic E-state index is 0.0806. The first-order valence-corrected chi connectivity index (χ1v) is 6.33. The van der Waals surface area contributed by atoms with Gasteiger partial charge in [-0.15, -0.1) is 0 Å². The van der Waals surface area contributed by atoms with E-state index in [9.17, 15) is 4.79 Å². The molecule has 4 nitrogen and oxygen atoms in total. The summed E-state index contributed by atoms with van der Waals surface area (Å²) in [4.78, 5) is 13.7. The topological polar surface area (TPSA) is 41.6 Å². The van der Waals surface area contributed by atoms with Crippen LogP contribution in [0.5, 0.6) is 0 Å². The van der Waals surface area contributed by atoms with Crippen molar-refractivity contribution in [1.82, 2.24) is 10.2 Å². The highest BCUT2D eigenvalue weighted by Crippen LogP contribution is 2.07. The van der Waals surface area contributed by atoms with Gasteiger partial charge in [0.15, 0.2) is 0 Å². The normalized spacial score (nSPS) is 19.8. The molecule has 0 spiro atoms. The zero-order valence-corrected chi connectivity index (χ0v) is 10.8. The molecule has 0 saturated carbocycles. The van der Waals surface area contributed by atoms with Gasteiger partial charge in [0.1, 0.15) is 6.61 Å². The number of rotatable bonds is 4. The number of benzene rings is 1. The first-order valence-electron chi connectivity index (χ1n) is 6.33. The summed E-state index contributed by atoms with van der Waals surface area (Å²) in [6.45, 7) is 2.57. The number of hydrogen-bond acceptors (Lipinski definition) is 3. The second-order valence-corrected chi connectivity index (χ2v) is 4.61. The summed E-state index contributed by atoms with van der Waals surface area (Å²) < 4.78 is 4.90. The Balaban J connectivity index is 1.89. The number of carbonyl (C=O) groups excluding carboxylic acids is 1. The summed E-state index contributed by atoms with van der Waals surface area (Å²) in [5.74, 6) is 0.0806. The molecule has 1 N–H and O–H groups in total. The van der Waals surface area contributed by atoms with E-state index in [4.69, 9.17) is 4.74 Å². The Kier molecular flexibility index (Phi) is 4.73. The fourth-order valence-corrected chi connectivity index (χ4v) is 2.30. The largest absolute Gasteiger partial charge is 0.375 e. The number of amides is 1. The van der Waals surface area contributed by atoms with E-state index >= 15 is 0 Å². The highest BCUT2D eigenvalue weighted by Gasteiger charge is 2.22. The number of nitrogens with one attached hydrogen (secondary N) is 1. The molecule has 0 radical (unpaired) electrons. The molecule has 1 saturated heterocycles. The number of carbonyl (C=O) groups is 1. The third kappa shape index (κ3) is 3.55. The van der Waals surface area contributed by atoms with Crippen LogP contribution in [-0.4, -0.2) is 50.2 Å². The number of hydrogen-bond donors (Lipinski definition) is 1. The lowest BCUT2D eigenvalue weighted by atomic mass is 10.0. The Labute approximate surface area is 108 Å². The van der Waals surface area contributed by atoms with E-state index in [1.165, 1.54) is 5.56 Å². The average molecular weight is 248 g/mol. The van der Waals surface area contributed by atoms with E-state index in [1.54, 1.807) is 7.11 Å². The van der Waals surface area contributed by atoms with Crippen LogP contribution in [0.25, 0.3) is 0 Å². The highest BCUT2D eigenvalue weighted by molar-refractivity contribution is 5.77. The zero-order chi connectivity index (χ0) is 12.8. The van der Waals surface area contributed by atoms with Crippen molar-refractivity contribution in [3.8, 4) is 0 Å². The van der Waals surface area contributed by atoms with Crippen LogP contribution in [0, 0.1) is 0 Å². The van der Waals surface area contributed by atoms with E-state index in [2.05, 4.69) is 17.4 Å². The molecule has 0 aliphatic carbocycles. The molecule has 1 fully saturated rings. The maximum atomic E-state index is 11.8. The van der Waals surface area contributed by atoms with Gasteiger partial charge in [-0.05, 0) is 12.0 Å². The minimum Gasteiger partial charge on any atom is -0.375 e. The number of nitrogens with zero attached hydrogens (tertiary/aromatic N) is 1. The van der Waals surface area contributed by atoms with E-state index in [0.29, 0.717) is 6.04 Å². The summed E-state index contributed by atoms with van der Waals surface area (Å²) in [5, 5.41) is 3.46. The minimum atomic E-state index is 0.0806. The smallest absolute Gasteiger partial charge is 0.248 e. The van der Waals surface area contributed by atoms with Crippen molar-refractivity contribution in [3.63, 3.8) is 0 Å². The summed E-state index contributed by atoms with van der Waals surface area (Å²) in [6, 6.07) is 10.7. The molecule has 1 amide bonds. The molecule has 1 unspecified atom stereocenters. The van der Waals surface area contributed by atoms with Crippen molar-refractivity contribution in [2.45, 2.75) is 12.5 Å². The molecule has 18 heavy (non-hydrogen) atoms. The molecule has 98 valence electrons. The van der Waals surface area contributed by atoms with E-state index in [1.807, 2.05) is 23.1 Å². The van der Waals surface area contributed by atoms with Crippen LogP contribution in [0.2, 0.25) is 0 Å². The van der Waals surface area contributed by atoms with Crippen LogP contribution in [0.1, 0.15) is 5.56 Å². The molecule has 1 atom stereocenters. The van der Waals surface area contributed by atoms with Gasteiger partial charge in [0, 0.05) is 32.8 Å². The summed E-state index contributed by atoms with van der Waals surface area (Å²) in [5.41, 5.74) is 1.30. The van der Waals surface area contributed by atoms with Crippen molar-refractivity contribution in [3.05, 3.63) is 35.9 Å². The van der Waals surface area contributed by atoms with Gasteiger partial charge in [-0.1, -0.05) is 30.3 Å². The molecule has 4 heteroatoms. The highest BCUT2D eigenvalue weighted by atomic mass is 16.5. The van der Waals surface area contributed by atoms with Crippen molar-refractivity contribution in [2.75, 3.05) is 33.4 Å². The third-order valence-electron chi connectivity index (χ3n) is 3.20. The molecular formula is C14H20N2O2. The molecule has 2 rings (SSSR count). The third-order valence-corrected chi connectivity index (χ3v) is 3.20. The number of ether oxygens (including phenoxy) is 1. The molecule has 1 heterocycles. The molecule has 1 aromatic carbocycles. The molecule has 1 aliphatic rings. The maximum absolute atomic E-state index is 11.8. The lowest BCUT2D eigenvalue weighted by Gasteiger charge is -2.33. The van der Waals surface area contributed by atoms with Gasteiger partial charge in [-0.3, -0.25) is 4.79 Å². The number of piperazine rings is 1. The monoisotopic (exact) mass is 248 g/mol. The van der Waals surface area contributed by atoms with Crippen molar-refractivity contribution >= 4 is 5.91 Å². The van der Waals surface area contributed by atoms with Crippen molar-refractivity contribution in [2.24, 2.45) is 0 Å². The Hall–Kier alpha value is -1.39. The fraction of sp³-hybridized carbons (Fsp3) is 0.500. The van der Waals surface area contributed by atoms with Crippen LogP contribution in [0.15, 0.2) is 30.3 Å². The summed E-state index contributed by atoms with van der Waals surface area (Å²) >= 11 is 0. The Morgan fingerprint density at radius 2 is 2.22 bits per heavy atom. The van der Waals surface area contributed by atoms with Crippen LogP contribution >= 0.6 is 0 Å². The van der Waals surface area contributed by atoms with Gasteiger partial charge in [0.05, 0.1) is 0 Å². The SMILES string of the molecule is COCC(=O)N1CCNC(Cc2ccccc2)C1. The van der Waals surface area contributed by atoms with Crippen LogP contribution < -0.4 is 5.32 Å². The summed E-state index contributed by atoms with van der Waals surface area (Å²) in [6.07, 6.45) is 0.956. The molecule has 1 aliphatic heterocycles. The lowest BCUT2D eigenvalue weighted by Crippen LogP contribution is -2.54. The predicted octanol–water partition coefficient (Wildman–Crippen LogP) is 0.676. The quantitative estimate of drug-likeness (QED) is 0.852. The standard InChI is InChI=1S/C14H20N2O2/c1-18-11-14(17)16-8-7-15-13(10-16)9-12-5-3-2-4-6-12/h2-6,13,15H,7-11H2,1H3. The van der Waals surface area contributed by atoms with E-state index < -0.39 is 0 Å².